The summed E-state index contributed by atoms with van der Waals surface area (Å²) in [6.45, 7) is 0. The van der Waals surface area contributed by atoms with Crippen molar-refractivity contribution >= 4 is 8.32 Å². The molecule has 0 radical (unpaired) electrons. The average molecular weight is 520 g/mol. The number of hydrogen-bond donors (Lipinski definition) is 0. The molecule has 0 spiro atoms. The van der Waals surface area contributed by atoms with Crippen LogP contribution in [0.1, 0.15) is 0 Å². The molecule has 0 aromatic carbocycles. The standard InChI is InChI=1S/C8F20OSi/c9-1(10,3(13,14)15)2(11,12)6(21,22)30(7(23,24)25,8(26,27)28)29-5(19,20)4(16,17)18. The molecule has 0 fully saturated rings. The van der Waals surface area contributed by atoms with Crippen LogP contribution in [0.3, 0.4) is 0 Å². The summed E-state index contributed by atoms with van der Waals surface area (Å²) in [7, 11) is -11.0. The number of hydrogen-bond acceptors (Lipinski definition) is 1. The third-order valence-electron chi connectivity index (χ3n) is 3.00. The van der Waals surface area contributed by atoms with Crippen molar-refractivity contribution in [2.75, 3.05) is 0 Å². The smallest absolute Gasteiger partial charge is 0.332 e. The van der Waals surface area contributed by atoms with Gasteiger partial charge in [0.2, 0.25) is 0 Å². The Morgan fingerprint density at radius 2 is 0.700 bits per heavy atom. The normalized spacial score (nSPS) is 16.8. The van der Waals surface area contributed by atoms with E-state index in [1.165, 1.54) is 0 Å². The minimum atomic E-state index is -11.0. The molecule has 0 aromatic rings. The second kappa shape index (κ2) is 6.89. The maximum Gasteiger partial charge on any atom is 0.518 e. The molecule has 0 N–H and O–H groups in total. The van der Waals surface area contributed by atoms with Crippen molar-refractivity contribution in [2.24, 2.45) is 0 Å². The summed E-state index contributed by atoms with van der Waals surface area (Å²) >= 11 is 0. The van der Waals surface area contributed by atoms with Gasteiger partial charge >= 0.3 is 55.8 Å². The Morgan fingerprint density at radius 1 is 0.400 bits per heavy atom. The van der Waals surface area contributed by atoms with Crippen LogP contribution >= 0.6 is 0 Å². The Labute approximate surface area is 149 Å². The van der Waals surface area contributed by atoms with E-state index in [0.717, 1.165) is 4.43 Å². The largest absolute Gasteiger partial charge is 0.518 e. The molecule has 0 aliphatic carbocycles. The van der Waals surface area contributed by atoms with Crippen molar-refractivity contribution < 1.29 is 92.2 Å². The van der Waals surface area contributed by atoms with Crippen molar-refractivity contribution in [3.05, 3.63) is 0 Å². The summed E-state index contributed by atoms with van der Waals surface area (Å²) in [6.07, 6.45) is -23.8. The summed E-state index contributed by atoms with van der Waals surface area (Å²) < 4.78 is 252. The van der Waals surface area contributed by atoms with Crippen LogP contribution in [0.15, 0.2) is 0 Å². The zero-order chi connectivity index (χ0) is 25.2. The van der Waals surface area contributed by atoms with Gasteiger partial charge in [-0.15, -0.1) is 0 Å². The van der Waals surface area contributed by atoms with E-state index < -0.39 is 55.8 Å². The molecule has 0 aromatic heterocycles. The highest BCUT2D eigenvalue weighted by Crippen LogP contribution is 2.62. The number of rotatable bonds is 5. The van der Waals surface area contributed by atoms with Crippen molar-refractivity contribution in [1.82, 2.24) is 0 Å². The van der Waals surface area contributed by atoms with Crippen LogP contribution in [0.5, 0.6) is 0 Å². The Morgan fingerprint density at radius 3 is 0.900 bits per heavy atom. The molecule has 0 heterocycles. The molecule has 1 nitrogen and oxygen atoms in total. The highest BCUT2D eigenvalue weighted by atomic mass is 28.4. The molecule has 30 heavy (non-hydrogen) atoms. The van der Waals surface area contributed by atoms with Crippen LogP contribution < -0.4 is 0 Å². The number of halogens is 20. The quantitative estimate of drug-likeness (QED) is 0.305. The average Bonchev–Trinajstić information content (AvgIpc) is 2.38. The van der Waals surface area contributed by atoms with E-state index in [-0.39, 0.29) is 0 Å². The van der Waals surface area contributed by atoms with Gasteiger partial charge in [-0.1, -0.05) is 0 Å². The first-order chi connectivity index (χ1) is 12.5. The lowest BCUT2D eigenvalue weighted by atomic mass is 10.1. The monoisotopic (exact) mass is 520 g/mol. The van der Waals surface area contributed by atoms with Crippen LogP contribution in [0, 0.1) is 0 Å². The first-order valence-electron chi connectivity index (χ1n) is 5.94. The lowest BCUT2D eigenvalue weighted by Gasteiger charge is -2.44. The van der Waals surface area contributed by atoms with Gasteiger partial charge in [0.1, 0.15) is 0 Å². The molecule has 0 atom stereocenters. The van der Waals surface area contributed by atoms with Crippen LogP contribution in [0.2, 0.25) is 0 Å². The van der Waals surface area contributed by atoms with E-state index in [1.807, 2.05) is 0 Å². The first kappa shape index (κ1) is 28.8. The Kier molecular flexibility index (Phi) is 6.61. The minimum Gasteiger partial charge on any atom is -0.332 e. The van der Waals surface area contributed by atoms with E-state index in [4.69, 9.17) is 0 Å². The van der Waals surface area contributed by atoms with Crippen molar-refractivity contribution in [3.63, 3.8) is 0 Å². The van der Waals surface area contributed by atoms with Crippen molar-refractivity contribution in [3.8, 4) is 0 Å². The van der Waals surface area contributed by atoms with Crippen LogP contribution in [-0.4, -0.2) is 55.8 Å². The van der Waals surface area contributed by atoms with Gasteiger partial charge in [0.05, 0.1) is 0 Å². The number of alkyl halides is 20. The summed E-state index contributed by atoms with van der Waals surface area (Å²) in [6, 6.07) is 0. The topological polar surface area (TPSA) is 9.23 Å². The second-order valence-electron chi connectivity index (χ2n) is 5.01. The maximum absolute atomic E-state index is 13.5. The summed E-state index contributed by atoms with van der Waals surface area (Å²) in [4.78, 5) is 0. The van der Waals surface area contributed by atoms with E-state index in [1.54, 1.807) is 0 Å². The van der Waals surface area contributed by atoms with Crippen LogP contribution in [0.4, 0.5) is 87.8 Å². The van der Waals surface area contributed by atoms with Gasteiger partial charge in [0, 0.05) is 0 Å². The van der Waals surface area contributed by atoms with E-state index in [9.17, 15) is 87.8 Å². The fourth-order valence-corrected chi connectivity index (χ4v) is 4.04. The molecule has 182 valence electrons. The molecule has 0 unspecified atom stereocenters. The van der Waals surface area contributed by atoms with Gasteiger partial charge < -0.3 is 4.43 Å². The van der Waals surface area contributed by atoms with Crippen LogP contribution in [-0.2, 0) is 4.43 Å². The lowest BCUT2D eigenvalue weighted by Crippen LogP contribution is -2.83. The molecular weight excluding hydrogens is 520 g/mol. The molecule has 0 aliphatic heterocycles. The molecule has 0 bridgehead atoms. The Hall–Kier alpha value is -1.22. The predicted octanol–water partition coefficient (Wildman–Crippen LogP) is 6.31. The second-order valence-corrected chi connectivity index (χ2v) is 8.34. The molecular formula is C8F20OSi. The SMILES string of the molecule is FC(F)(F)C(F)(F)O[Si](C(F)(F)F)(C(F)(F)F)C(F)(F)C(F)(F)C(F)(F)C(F)(F)F. The lowest BCUT2D eigenvalue weighted by molar-refractivity contribution is -0.402. The van der Waals surface area contributed by atoms with Gasteiger partial charge in [-0.3, -0.25) is 0 Å². The van der Waals surface area contributed by atoms with E-state index in [2.05, 4.69) is 0 Å². The molecule has 22 heteroatoms. The fourth-order valence-electron chi connectivity index (χ4n) is 1.54. The molecule has 0 saturated carbocycles. The van der Waals surface area contributed by atoms with E-state index in [0.29, 0.717) is 0 Å². The summed E-state index contributed by atoms with van der Waals surface area (Å²) in [5.41, 5.74) is -9.02. The van der Waals surface area contributed by atoms with Gasteiger partial charge in [-0.2, -0.15) is 79.0 Å². The third kappa shape index (κ3) is 3.87. The Balaban J connectivity index is 7.43. The summed E-state index contributed by atoms with van der Waals surface area (Å²) in [5, 5.41) is 0. The molecule has 0 aliphatic rings. The zero-order valence-corrected chi connectivity index (χ0v) is 13.5. The van der Waals surface area contributed by atoms with Gasteiger partial charge in [-0.25, -0.2) is 8.78 Å². The van der Waals surface area contributed by atoms with Crippen LogP contribution in [0.25, 0.3) is 0 Å². The third-order valence-corrected chi connectivity index (χ3v) is 6.35. The van der Waals surface area contributed by atoms with Gasteiger partial charge in [-0.05, 0) is 0 Å². The molecule has 0 amide bonds. The Bertz CT molecular complexity index is 603. The van der Waals surface area contributed by atoms with E-state index >= 15 is 0 Å². The van der Waals surface area contributed by atoms with Crippen molar-refractivity contribution in [1.29, 1.82) is 0 Å². The van der Waals surface area contributed by atoms with Crippen molar-refractivity contribution in [2.45, 2.75) is 47.5 Å². The fraction of sp³-hybridized carbons (Fsp3) is 1.00. The highest BCUT2D eigenvalue weighted by Gasteiger charge is 3.00. The highest BCUT2D eigenvalue weighted by molar-refractivity contribution is 6.80. The van der Waals surface area contributed by atoms with Gasteiger partial charge in [0.15, 0.2) is 0 Å². The summed E-state index contributed by atoms with van der Waals surface area (Å²) in [5.74, 6) is -34.3. The zero-order valence-electron chi connectivity index (χ0n) is 12.5. The predicted molar refractivity (Wildman–Crippen MR) is 50.8 cm³/mol. The maximum atomic E-state index is 13.5. The molecule has 0 saturated heterocycles. The minimum absolute atomic E-state index is 1.08. The first-order valence-corrected chi connectivity index (χ1v) is 7.85. The molecule has 0 rings (SSSR count). The van der Waals surface area contributed by atoms with Gasteiger partial charge in [0.25, 0.3) is 0 Å².